The summed E-state index contributed by atoms with van der Waals surface area (Å²) in [6.45, 7) is 15.6. The first-order valence-corrected chi connectivity index (χ1v) is 15.5. The highest BCUT2D eigenvalue weighted by atomic mass is 35.5. The summed E-state index contributed by atoms with van der Waals surface area (Å²) in [5.74, 6) is 0. The van der Waals surface area contributed by atoms with Crippen molar-refractivity contribution in [1.29, 1.82) is 0 Å². The van der Waals surface area contributed by atoms with Crippen LogP contribution in [0.25, 0.3) is 0 Å². The van der Waals surface area contributed by atoms with Gasteiger partial charge in [0.05, 0.1) is 0 Å². The van der Waals surface area contributed by atoms with Crippen LogP contribution < -0.4 is 9.80 Å². The third-order valence-corrected chi connectivity index (χ3v) is 9.93. The van der Waals surface area contributed by atoms with Gasteiger partial charge < -0.3 is 9.80 Å². The van der Waals surface area contributed by atoms with Gasteiger partial charge in [0.25, 0.3) is 0 Å². The number of allylic oxidation sites excluding steroid dienone is 7. The third-order valence-electron chi connectivity index (χ3n) is 9.45. The molecule has 2 aromatic rings. The Hall–Kier alpha value is -2.65. The van der Waals surface area contributed by atoms with Crippen molar-refractivity contribution in [3.05, 3.63) is 106 Å². The van der Waals surface area contributed by atoms with Gasteiger partial charge in [-0.15, -0.1) is 0 Å². The molecule has 40 heavy (non-hydrogen) atoms. The Morgan fingerprint density at radius 2 is 1.50 bits per heavy atom. The first-order chi connectivity index (χ1) is 19.1. The number of halogens is 1. The first kappa shape index (κ1) is 28.9. The van der Waals surface area contributed by atoms with Crippen LogP contribution >= 0.6 is 11.6 Å². The molecule has 4 heteroatoms. The van der Waals surface area contributed by atoms with E-state index in [1.807, 2.05) is 0 Å². The highest BCUT2D eigenvalue weighted by Crippen LogP contribution is 2.51. The van der Waals surface area contributed by atoms with Gasteiger partial charge in [-0.1, -0.05) is 108 Å². The SMILES string of the molecule is [B]C1(/C=C/C2=C(Cl)C(=C/C=C3/N(CCC)c4ccccc4C3(C)C)/CCC2)N(CCC)c2ccccc2C1(C)C. The summed E-state index contributed by atoms with van der Waals surface area (Å²) < 4.78 is 0. The number of hydrogen-bond donors (Lipinski definition) is 0. The fraction of sp³-hybridized carbons (Fsp3) is 0.444. The predicted octanol–water partition coefficient (Wildman–Crippen LogP) is 9.31. The lowest BCUT2D eigenvalue weighted by Crippen LogP contribution is -2.55. The van der Waals surface area contributed by atoms with Crippen molar-refractivity contribution < 1.29 is 0 Å². The molecule has 0 N–H and O–H groups in total. The molecule has 2 heterocycles. The Kier molecular flexibility index (Phi) is 7.92. The molecule has 0 fully saturated rings. The van der Waals surface area contributed by atoms with E-state index in [1.54, 1.807) is 0 Å². The molecule has 0 spiro atoms. The number of para-hydroxylation sites is 2. The summed E-state index contributed by atoms with van der Waals surface area (Å²) in [6, 6.07) is 17.5. The molecule has 1 atom stereocenters. The third kappa shape index (κ3) is 4.59. The van der Waals surface area contributed by atoms with Gasteiger partial charge in [-0.2, -0.15) is 0 Å². The topological polar surface area (TPSA) is 6.48 Å². The highest BCUT2D eigenvalue weighted by Gasteiger charge is 2.51. The molecule has 1 aliphatic carbocycles. The van der Waals surface area contributed by atoms with Gasteiger partial charge >= 0.3 is 0 Å². The van der Waals surface area contributed by atoms with E-state index in [-0.39, 0.29) is 10.8 Å². The lowest BCUT2D eigenvalue weighted by Gasteiger charge is -2.44. The zero-order valence-electron chi connectivity index (χ0n) is 25.2. The van der Waals surface area contributed by atoms with Crippen LogP contribution in [0.1, 0.15) is 84.8 Å². The number of benzene rings is 2. The molecular weight excluding hydrogens is 507 g/mol. The number of anilines is 2. The Labute approximate surface area is 248 Å². The molecule has 1 unspecified atom stereocenters. The van der Waals surface area contributed by atoms with Crippen LogP contribution in [0.15, 0.2) is 94.7 Å². The fourth-order valence-electron chi connectivity index (χ4n) is 7.04. The first-order valence-electron chi connectivity index (χ1n) is 15.1. The lowest BCUT2D eigenvalue weighted by atomic mass is 9.59. The van der Waals surface area contributed by atoms with E-state index in [0.29, 0.717) is 0 Å². The predicted molar refractivity (Wildman–Crippen MR) is 175 cm³/mol. The summed E-state index contributed by atoms with van der Waals surface area (Å²) in [5.41, 5.74) is 8.12. The molecule has 0 bridgehead atoms. The normalized spacial score (nSPS) is 25.4. The minimum Gasteiger partial charge on any atom is -0.370 e. The summed E-state index contributed by atoms with van der Waals surface area (Å²) in [4.78, 5) is 4.88. The van der Waals surface area contributed by atoms with Gasteiger partial charge in [-0.3, -0.25) is 0 Å². The quantitative estimate of drug-likeness (QED) is 0.317. The fourth-order valence-corrected chi connectivity index (χ4v) is 7.35. The van der Waals surface area contributed by atoms with Crippen LogP contribution in [0.4, 0.5) is 11.4 Å². The molecule has 2 aliphatic heterocycles. The molecular formula is C36H44BClN2. The second-order valence-corrected chi connectivity index (χ2v) is 13.1. The summed E-state index contributed by atoms with van der Waals surface area (Å²) in [6.07, 6.45) is 14.2. The molecule has 0 amide bonds. The average molecular weight is 551 g/mol. The zero-order chi connectivity index (χ0) is 28.7. The molecule has 2 aromatic carbocycles. The minimum atomic E-state index is -0.625. The van der Waals surface area contributed by atoms with Gasteiger partial charge in [0.1, 0.15) is 7.85 Å². The van der Waals surface area contributed by atoms with Crippen molar-refractivity contribution in [3.63, 3.8) is 0 Å². The molecule has 0 saturated carbocycles. The van der Waals surface area contributed by atoms with Crippen LogP contribution in [-0.2, 0) is 10.8 Å². The zero-order valence-corrected chi connectivity index (χ0v) is 26.0. The van der Waals surface area contributed by atoms with Crippen molar-refractivity contribution in [2.24, 2.45) is 0 Å². The molecule has 2 radical (unpaired) electrons. The molecule has 3 aliphatic rings. The molecule has 208 valence electrons. The molecule has 2 nitrogen and oxygen atoms in total. The van der Waals surface area contributed by atoms with E-state index in [9.17, 15) is 0 Å². The largest absolute Gasteiger partial charge is 0.370 e. The van der Waals surface area contributed by atoms with Crippen molar-refractivity contribution in [2.75, 3.05) is 22.9 Å². The highest BCUT2D eigenvalue weighted by molar-refractivity contribution is 6.32. The molecule has 5 rings (SSSR count). The van der Waals surface area contributed by atoms with Crippen molar-refractivity contribution in [1.82, 2.24) is 0 Å². The second-order valence-electron chi connectivity index (χ2n) is 12.7. The summed E-state index contributed by atoms with van der Waals surface area (Å²) >= 11 is 7.14. The Morgan fingerprint density at radius 3 is 2.20 bits per heavy atom. The number of rotatable bonds is 7. The molecule has 0 aromatic heterocycles. The Morgan fingerprint density at radius 1 is 0.850 bits per heavy atom. The van der Waals surface area contributed by atoms with E-state index < -0.39 is 5.44 Å². The van der Waals surface area contributed by atoms with Gasteiger partial charge in [0, 0.05) is 51.5 Å². The van der Waals surface area contributed by atoms with E-state index in [1.165, 1.54) is 39.3 Å². The van der Waals surface area contributed by atoms with Crippen LogP contribution in [0, 0.1) is 0 Å². The van der Waals surface area contributed by atoms with E-state index in [0.717, 1.165) is 50.2 Å². The van der Waals surface area contributed by atoms with Gasteiger partial charge in [-0.25, -0.2) is 0 Å². The number of fused-ring (bicyclic) bond motifs is 2. The van der Waals surface area contributed by atoms with E-state index >= 15 is 0 Å². The maximum absolute atomic E-state index is 7.32. The maximum atomic E-state index is 7.32. The number of hydrogen-bond acceptors (Lipinski definition) is 2. The van der Waals surface area contributed by atoms with Crippen LogP contribution in [0.2, 0.25) is 0 Å². The van der Waals surface area contributed by atoms with Crippen molar-refractivity contribution >= 4 is 30.8 Å². The standard InChI is InChI=1S/C36H44BClN2/c1-7-24-39-30-18-11-9-16-28(30)34(3,4)32(39)21-20-26-14-13-15-27(33(26)38)22-23-36(37)35(5,6)29-17-10-12-19-31(29)40(36)25-8-2/h9-12,16-23H,7-8,13-15,24-25H2,1-6H3/b23-22+,26-20+,32-21+. The van der Waals surface area contributed by atoms with Gasteiger partial charge in [-0.05, 0) is 72.6 Å². The average Bonchev–Trinajstić information content (AvgIpc) is 3.25. The minimum absolute atomic E-state index is 0.0475. The maximum Gasteiger partial charge on any atom is 0.111 e. The van der Waals surface area contributed by atoms with Gasteiger partial charge in [0.2, 0.25) is 0 Å². The number of nitrogens with zero attached hydrogens (tertiary/aromatic N) is 2. The second kappa shape index (κ2) is 11.0. The lowest BCUT2D eigenvalue weighted by molar-refractivity contribution is 0.428. The Bertz CT molecular complexity index is 1400. The van der Waals surface area contributed by atoms with E-state index in [2.05, 4.69) is 124 Å². The summed E-state index contributed by atoms with van der Waals surface area (Å²) in [7, 11) is 7.32. The van der Waals surface area contributed by atoms with Gasteiger partial charge in [0.15, 0.2) is 0 Å². The monoisotopic (exact) mass is 550 g/mol. The van der Waals surface area contributed by atoms with Crippen LogP contribution in [0.5, 0.6) is 0 Å². The molecule has 0 saturated heterocycles. The van der Waals surface area contributed by atoms with Crippen molar-refractivity contribution in [3.8, 4) is 0 Å². The smallest absolute Gasteiger partial charge is 0.111 e. The van der Waals surface area contributed by atoms with Crippen LogP contribution in [0.3, 0.4) is 0 Å². The van der Waals surface area contributed by atoms with Crippen LogP contribution in [-0.4, -0.2) is 26.4 Å². The summed E-state index contributed by atoms with van der Waals surface area (Å²) in [5, 5.41) is 0.883. The van der Waals surface area contributed by atoms with Crippen molar-refractivity contribution in [2.45, 2.75) is 89.9 Å². The Balaban J connectivity index is 1.49. The van der Waals surface area contributed by atoms with E-state index in [4.69, 9.17) is 19.4 Å².